The van der Waals surface area contributed by atoms with Crippen LogP contribution in [0.4, 0.5) is 0 Å². The van der Waals surface area contributed by atoms with Gasteiger partial charge in [-0.05, 0) is 64.2 Å². The van der Waals surface area contributed by atoms with Gasteiger partial charge in [-0.1, -0.05) is 6.07 Å². The number of hydrogen-bond donors (Lipinski definition) is 0. The lowest BCUT2D eigenvalue weighted by Gasteiger charge is -2.16. The van der Waals surface area contributed by atoms with Gasteiger partial charge in [-0.15, -0.1) is 0 Å². The summed E-state index contributed by atoms with van der Waals surface area (Å²) in [5, 5.41) is 0. The second kappa shape index (κ2) is 7.59. The first-order valence-electron chi connectivity index (χ1n) is 7.16. The fourth-order valence-electron chi connectivity index (χ4n) is 2.52. The summed E-state index contributed by atoms with van der Waals surface area (Å²) in [6.45, 7) is 2.06. The van der Waals surface area contributed by atoms with E-state index in [1.165, 1.54) is 0 Å². The van der Waals surface area contributed by atoms with Crippen molar-refractivity contribution >= 4 is 15.9 Å². The standard InChI is InChI=1S/C18H21BrO4/c1-11-8-16(22-4)18(23-5)17(19)13(11)9-12-6-7-14(20-2)15(10-12)21-3/h6-8,10H,9H2,1-5H3. The van der Waals surface area contributed by atoms with E-state index in [-0.39, 0.29) is 0 Å². The number of rotatable bonds is 6. The number of methoxy groups -OCH3 is 4. The molecule has 0 aliphatic heterocycles. The molecule has 0 heterocycles. The topological polar surface area (TPSA) is 36.9 Å². The van der Waals surface area contributed by atoms with Crippen LogP contribution >= 0.6 is 15.9 Å². The fraction of sp³-hybridized carbons (Fsp3) is 0.333. The highest BCUT2D eigenvalue weighted by atomic mass is 79.9. The molecule has 5 heteroatoms. The molecule has 0 spiro atoms. The van der Waals surface area contributed by atoms with Crippen LogP contribution in [0, 0.1) is 6.92 Å². The number of hydrogen-bond acceptors (Lipinski definition) is 4. The van der Waals surface area contributed by atoms with Crippen LogP contribution < -0.4 is 18.9 Å². The molecule has 0 radical (unpaired) electrons. The molecule has 0 atom stereocenters. The first kappa shape index (κ1) is 17.5. The third-order valence-corrected chi connectivity index (χ3v) is 4.60. The van der Waals surface area contributed by atoms with Gasteiger partial charge in [0, 0.05) is 0 Å². The highest BCUT2D eigenvalue weighted by Crippen LogP contribution is 2.41. The van der Waals surface area contributed by atoms with Gasteiger partial charge in [0.15, 0.2) is 23.0 Å². The van der Waals surface area contributed by atoms with Crippen LogP contribution in [0.3, 0.4) is 0 Å². The molecule has 0 amide bonds. The second-order valence-corrected chi connectivity index (χ2v) is 5.88. The number of ether oxygens (including phenoxy) is 4. The van der Waals surface area contributed by atoms with Gasteiger partial charge in [0.05, 0.1) is 32.9 Å². The van der Waals surface area contributed by atoms with Crippen LogP contribution in [0.15, 0.2) is 28.7 Å². The maximum Gasteiger partial charge on any atom is 0.175 e. The van der Waals surface area contributed by atoms with E-state index in [4.69, 9.17) is 18.9 Å². The average molecular weight is 381 g/mol. The predicted octanol–water partition coefficient (Wildman–Crippen LogP) is 4.38. The summed E-state index contributed by atoms with van der Waals surface area (Å²) in [7, 11) is 6.54. The normalized spacial score (nSPS) is 10.3. The SMILES string of the molecule is COc1ccc(Cc2c(C)cc(OC)c(OC)c2Br)cc1OC. The van der Waals surface area contributed by atoms with Crippen molar-refractivity contribution in [2.45, 2.75) is 13.3 Å². The number of aryl methyl sites for hydroxylation is 1. The van der Waals surface area contributed by atoms with Gasteiger partial charge in [0.25, 0.3) is 0 Å². The third kappa shape index (κ3) is 3.55. The first-order chi connectivity index (χ1) is 11.0. The van der Waals surface area contributed by atoms with Gasteiger partial charge < -0.3 is 18.9 Å². The van der Waals surface area contributed by atoms with Crippen molar-refractivity contribution in [1.82, 2.24) is 0 Å². The van der Waals surface area contributed by atoms with Crippen molar-refractivity contribution < 1.29 is 18.9 Å². The Morgan fingerprint density at radius 3 is 2.04 bits per heavy atom. The monoisotopic (exact) mass is 380 g/mol. The second-order valence-electron chi connectivity index (χ2n) is 5.09. The summed E-state index contributed by atoms with van der Waals surface area (Å²) < 4.78 is 22.4. The molecule has 0 aliphatic carbocycles. The van der Waals surface area contributed by atoms with E-state index < -0.39 is 0 Å². The van der Waals surface area contributed by atoms with Crippen LogP contribution in [0.5, 0.6) is 23.0 Å². The summed E-state index contributed by atoms with van der Waals surface area (Å²) in [6.07, 6.45) is 0.743. The van der Waals surface area contributed by atoms with Crippen molar-refractivity contribution in [3.63, 3.8) is 0 Å². The minimum absolute atomic E-state index is 0.702. The number of halogens is 1. The molecule has 0 aliphatic rings. The van der Waals surface area contributed by atoms with E-state index in [0.29, 0.717) is 11.5 Å². The molecule has 0 unspecified atom stereocenters. The zero-order valence-electron chi connectivity index (χ0n) is 14.0. The molecule has 124 valence electrons. The summed E-state index contributed by atoms with van der Waals surface area (Å²) in [5.41, 5.74) is 3.40. The zero-order chi connectivity index (χ0) is 17.0. The molecule has 0 saturated carbocycles. The average Bonchev–Trinajstić information content (AvgIpc) is 2.57. The molecule has 0 N–H and O–H groups in total. The van der Waals surface area contributed by atoms with Gasteiger partial charge >= 0.3 is 0 Å². The lowest BCUT2D eigenvalue weighted by Crippen LogP contribution is -2.00. The van der Waals surface area contributed by atoms with Gasteiger partial charge in [0.1, 0.15) is 0 Å². The maximum absolute atomic E-state index is 5.47. The minimum Gasteiger partial charge on any atom is -0.493 e. The lowest BCUT2D eigenvalue weighted by atomic mass is 9.99. The Morgan fingerprint density at radius 1 is 0.826 bits per heavy atom. The van der Waals surface area contributed by atoms with Crippen molar-refractivity contribution in [2.75, 3.05) is 28.4 Å². The molecular weight excluding hydrogens is 360 g/mol. The quantitative estimate of drug-likeness (QED) is 0.744. The fourth-order valence-corrected chi connectivity index (χ4v) is 3.33. The van der Waals surface area contributed by atoms with Gasteiger partial charge in [-0.3, -0.25) is 0 Å². The molecule has 23 heavy (non-hydrogen) atoms. The lowest BCUT2D eigenvalue weighted by molar-refractivity contribution is 0.352. The maximum atomic E-state index is 5.47. The van der Waals surface area contributed by atoms with E-state index >= 15 is 0 Å². The number of benzene rings is 2. The van der Waals surface area contributed by atoms with Crippen LogP contribution in [-0.4, -0.2) is 28.4 Å². The Balaban J connectivity index is 2.44. The van der Waals surface area contributed by atoms with Gasteiger partial charge in [-0.2, -0.15) is 0 Å². The Labute approximate surface area is 145 Å². The molecule has 4 nitrogen and oxygen atoms in total. The van der Waals surface area contributed by atoms with E-state index in [2.05, 4.69) is 22.9 Å². The first-order valence-corrected chi connectivity index (χ1v) is 7.95. The molecule has 2 aromatic carbocycles. The Kier molecular flexibility index (Phi) is 5.77. The summed E-state index contributed by atoms with van der Waals surface area (Å²) in [6, 6.07) is 7.92. The summed E-state index contributed by atoms with van der Waals surface area (Å²) in [5.74, 6) is 2.86. The smallest absolute Gasteiger partial charge is 0.175 e. The highest BCUT2D eigenvalue weighted by Gasteiger charge is 2.16. The largest absolute Gasteiger partial charge is 0.493 e. The van der Waals surface area contributed by atoms with E-state index in [1.807, 2.05) is 24.3 Å². The zero-order valence-corrected chi connectivity index (χ0v) is 15.6. The van der Waals surface area contributed by atoms with Crippen LogP contribution in [0.2, 0.25) is 0 Å². The molecule has 0 saturated heterocycles. The Hall–Kier alpha value is -1.88. The third-order valence-electron chi connectivity index (χ3n) is 3.76. The summed E-state index contributed by atoms with van der Waals surface area (Å²) in [4.78, 5) is 0. The summed E-state index contributed by atoms with van der Waals surface area (Å²) >= 11 is 3.64. The molecule has 0 fully saturated rings. The Morgan fingerprint density at radius 2 is 1.48 bits per heavy atom. The minimum atomic E-state index is 0.702. The molecule has 2 rings (SSSR count). The van der Waals surface area contributed by atoms with Crippen LogP contribution in [-0.2, 0) is 6.42 Å². The van der Waals surface area contributed by atoms with Gasteiger partial charge in [0.2, 0.25) is 0 Å². The van der Waals surface area contributed by atoms with E-state index in [0.717, 1.165) is 39.1 Å². The van der Waals surface area contributed by atoms with E-state index in [1.54, 1.807) is 28.4 Å². The molecule has 0 bridgehead atoms. The molecular formula is C18H21BrO4. The van der Waals surface area contributed by atoms with Crippen LogP contribution in [0.25, 0.3) is 0 Å². The predicted molar refractivity (Wildman–Crippen MR) is 94.3 cm³/mol. The molecule has 0 aromatic heterocycles. The van der Waals surface area contributed by atoms with Gasteiger partial charge in [-0.25, -0.2) is 0 Å². The molecule has 2 aromatic rings. The van der Waals surface area contributed by atoms with Crippen molar-refractivity contribution in [1.29, 1.82) is 0 Å². The van der Waals surface area contributed by atoms with Crippen molar-refractivity contribution in [2.24, 2.45) is 0 Å². The van der Waals surface area contributed by atoms with Crippen molar-refractivity contribution in [3.05, 3.63) is 45.4 Å². The van der Waals surface area contributed by atoms with E-state index in [9.17, 15) is 0 Å². The highest BCUT2D eigenvalue weighted by molar-refractivity contribution is 9.10. The van der Waals surface area contributed by atoms with Crippen LogP contribution in [0.1, 0.15) is 16.7 Å². The van der Waals surface area contributed by atoms with Crippen molar-refractivity contribution in [3.8, 4) is 23.0 Å². The Bertz CT molecular complexity index is 698.